The summed E-state index contributed by atoms with van der Waals surface area (Å²) in [5, 5.41) is 7.74. The van der Waals surface area contributed by atoms with E-state index in [2.05, 4.69) is 36.4 Å². The first-order valence-corrected chi connectivity index (χ1v) is 7.55. The third-order valence-corrected chi connectivity index (χ3v) is 3.49. The van der Waals surface area contributed by atoms with Gasteiger partial charge in [-0.05, 0) is 44.0 Å². The van der Waals surface area contributed by atoms with Crippen LogP contribution in [0.1, 0.15) is 37.2 Å². The van der Waals surface area contributed by atoms with Crippen molar-refractivity contribution in [1.29, 1.82) is 0 Å². The van der Waals surface area contributed by atoms with Gasteiger partial charge in [0, 0.05) is 18.3 Å². The minimum atomic E-state index is -0.00229. The van der Waals surface area contributed by atoms with Gasteiger partial charge in [-0.3, -0.25) is 4.79 Å². The van der Waals surface area contributed by atoms with Crippen LogP contribution in [0.3, 0.4) is 0 Å². The van der Waals surface area contributed by atoms with Gasteiger partial charge in [-0.1, -0.05) is 26.0 Å². The Morgan fingerprint density at radius 2 is 1.90 bits per heavy atom. The van der Waals surface area contributed by atoms with Crippen LogP contribution in [0.5, 0.6) is 0 Å². The molecule has 1 heterocycles. The van der Waals surface area contributed by atoms with Crippen LogP contribution < -0.4 is 10.7 Å². The van der Waals surface area contributed by atoms with Crippen molar-refractivity contribution in [3.8, 4) is 5.69 Å². The molecule has 0 fully saturated rings. The van der Waals surface area contributed by atoms with Crippen LogP contribution in [0.25, 0.3) is 5.69 Å². The topological polar surface area (TPSA) is 46.9 Å². The molecule has 0 saturated carbocycles. The third kappa shape index (κ3) is 3.79. The Morgan fingerprint density at radius 1 is 1.19 bits per heavy atom. The zero-order chi connectivity index (χ0) is 15.2. The molecule has 0 saturated heterocycles. The lowest BCUT2D eigenvalue weighted by Gasteiger charge is -2.12. The summed E-state index contributed by atoms with van der Waals surface area (Å²) in [6, 6.07) is 9.95. The van der Waals surface area contributed by atoms with Crippen molar-refractivity contribution in [2.45, 2.75) is 40.2 Å². The average Bonchev–Trinajstić information content (AvgIpc) is 2.50. The van der Waals surface area contributed by atoms with Crippen LogP contribution in [-0.4, -0.2) is 16.3 Å². The summed E-state index contributed by atoms with van der Waals surface area (Å²) in [6.45, 7) is 7.55. The average molecular weight is 285 g/mol. The SMILES string of the molecule is CCCNCc1nn(-c2ccc(CC)cc2)c(C)cc1=O. The molecule has 0 aliphatic rings. The molecular weight excluding hydrogens is 262 g/mol. The number of benzene rings is 1. The summed E-state index contributed by atoms with van der Waals surface area (Å²) in [4.78, 5) is 12.0. The Balaban J connectivity index is 2.33. The summed E-state index contributed by atoms with van der Waals surface area (Å²) in [6.07, 6.45) is 2.06. The van der Waals surface area contributed by atoms with Crippen LogP contribution in [0.15, 0.2) is 35.1 Å². The number of hydrogen-bond donors (Lipinski definition) is 1. The van der Waals surface area contributed by atoms with Crippen molar-refractivity contribution in [2.24, 2.45) is 0 Å². The first-order valence-electron chi connectivity index (χ1n) is 7.55. The predicted molar refractivity (Wildman–Crippen MR) is 85.9 cm³/mol. The summed E-state index contributed by atoms with van der Waals surface area (Å²) in [5.41, 5.74) is 3.69. The number of aryl methyl sites for hydroxylation is 2. The van der Waals surface area contributed by atoms with Crippen molar-refractivity contribution in [3.05, 3.63) is 57.5 Å². The molecule has 4 nitrogen and oxygen atoms in total. The number of nitrogens with one attached hydrogen (secondary N) is 1. The molecule has 0 amide bonds. The molecular formula is C17H23N3O. The van der Waals surface area contributed by atoms with Crippen molar-refractivity contribution >= 4 is 0 Å². The molecule has 0 atom stereocenters. The molecule has 0 spiro atoms. The van der Waals surface area contributed by atoms with Gasteiger partial charge in [0.05, 0.1) is 5.69 Å². The molecule has 2 rings (SSSR count). The molecule has 0 radical (unpaired) electrons. The first kappa shape index (κ1) is 15.4. The second-order valence-electron chi connectivity index (χ2n) is 5.21. The second kappa shape index (κ2) is 7.18. The molecule has 1 aromatic carbocycles. The van der Waals surface area contributed by atoms with E-state index in [-0.39, 0.29) is 5.43 Å². The maximum absolute atomic E-state index is 12.0. The highest BCUT2D eigenvalue weighted by atomic mass is 16.1. The maximum Gasteiger partial charge on any atom is 0.204 e. The van der Waals surface area contributed by atoms with E-state index in [1.165, 1.54) is 5.56 Å². The van der Waals surface area contributed by atoms with Crippen molar-refractivity contribution in [1.82, 2.24) is 15.1 Å². The largest absolute Gasteiger partial charge is 0.311 e. The molecule has 4 heteroatoms. The van der Waals surface area contributed by atoms with Gasteiger partial charge in [0.25, 0.3) is 0 Å². The molecule has 1 N–H and O–H groups in total. The van der Waals surface area contributed by atoms with Crippen LogP contribution in [0, 0.1) is 6.92 Å². The highest BCUT2D eigenvalue weighted by molar-refractivity contribution is 5.35. The standard InChI is InChI=1S/C17H23N3O/c1-4-10-18-12-16-17(21)11-13(3)20(19-16)15-8-6-14(5-2)7-9-15/h6-9,11,18H,4-5,10,12H2,1-3H3. The van der Waals surface area contributed by atoms with Gasteiger partial charge in [0.2, 0.25) is 5.43 Å². The number of nitrogens with zero attached hydrogens (tertiary/aromatic N) is 2. The molecule has 0 bridgehead atoms. The monoisotopic (exact) mass is 285 g/mol. The van der Waals surface area contributed by atoms with Gasteiger partial charge in [-0.2, -0.15) is 5.10 Å². The fourth-order valence-corrected chi connectivity index (χ4v) is 2.22. The van der Waals surface area contributed by atoms with E-state index in [1.807, 2.05) is 23.7 Å². The van der Waals surface area contributed by atoms with E-state index in [9.17, 15) is 4.79 Å². The number of rotatable bonds is 6. The molecule has 0 aliphatic carbocycles. The smallest absolute Gasteiger partial charge is 0.204 e. The first-order chi connectivity index (χ1) is 10.2. The highest BCUT2D eigenvalue weighted by Gasteiger charge is 2.07. The Morgan fingerprint density at radius 3 is 2.52 bits per heavy atom. The Hall–Kier alpha value is -1.94. The van der Waals surface area contributed by atoms with Crippen LogP contribution in [0.2, 0.25) is 0 Å². The van der Waals surface area contributed by atoms with Gasteiger partial charge >= 0.3 is 0 Å². The molecule has 0 aliphatic heterocycles. The summed E-state index contributed by atoms with van der Waals surface area (Å²) in [5.74, 6) is 0. The van der Waals surface area contributed by atoms with E-state index in [0.717, 1.165) is 30.8 Å². The predicted octanol–water partition coefficient (Wildman–Crippen LogP) is 2.60. The zero-order valence-corrected chi connectivity index (χ0v) is 13.0. The van der Waals surface area contributed by atoms with E-state index >= 15 is 0 Å². The molecule has 1 aromatic heterocycles. The molecule has 112 valence electrons. The number of aromatic nitrogens is 2. The minimum absolute atomic E-state index is 0.00229. The van der Waals surface area contributed by atoms with Crippen LogP contribution in [-0.2, 0) is 13.0 Å². The lowest BCUT2D eigenvalue weighted by atomic mass is 10.1. The van der Waals surface area contributed by atoms with Gasteiger partial charge in [0.15, 0.2) is 0 Å². The Labute approximate surface area is 125 Å². The maximum atomic E-state index is 12.0. The molecule has 2 aromatic rings. The molecule has 21 heavy (non-hydrogen) atoms. The zero-order valence-electron chi connectivity index (χ0n) is 13.0. The van der Waals surface area contributed by atoms with Gasteiger partial charge < -0.3 is 5.32 Å². The Bertz CT molecular complexity index is 644. The second-order valence-corrected chi connectivity index (χ2v) is 5.21. The van der Waals surface area contributed by atoms with E-state index in [0.29, 0.717) is 12.2 Å². The van der Waals surface area contributed by atoms with Gasteiger partial charge in [0.1, 0.15) is 5.69 Å². The van der Waals surface area contributed by atoms with Gasteiger partial charge in [-0.25, -0.2) is 4.68 Å². The van der Waals surface area contributed by atoms with Gasteiger partial charge in [-0.15, -0.1) is 0 Å². The Kier molecular flexibility index (Phi) is 5.28. The fourth-order valence-electron chi connectivity index (χ4n) is 2.22. The lowest BCUT2D eigenvalue weighted by Crippen LogP contribution is -2.25. The minimum Gasteiger partial charge on any atom is -0.311 e. The fraction of sp³-hybridized carbons (Fsp3) is 0.412. The normalized spacial score (nSPS) is 10.8. The van der Waals surface area contributed by atoms with Crippen molar-refractivity contribution in [3.63, 3.8) is 0 Å². The van der Waals surface area contributed by atoms with E-state index in [1.54, 1.807) is 6.07 Å². The lowest BCUT2D eigenvalue weighted by molar-refractivity contribution is 0.637. The number of hydrogen-bond acceptors (Lipinski definition) is 3. The van der Waals surface area contributed by atoms with Crippen molar-refractivity contribution in [2.75, 3.05) is 6.54 Å². The quantitative estimate of drug-likeness (QED) is 0.830. The highest BCUT2D eigenvalue weighted by Crippen LogP contribution is 2.11. The van der Waals surface area contributed by atoms with Crippen molar-refractivity contribution < 1.29 is 0 Å². The summed E-state index contributed by atoms with van der Waals surface area (Å²) < 4.78 is 1.84. The van der Waals surface area contributed by atoms with Crippen LogP contribution >= 0.6 is 0 Å². The van der Waals surface area contributed by atoms with E-state index in [4.69, 9.17) is 0 Å². The van der Waals surface area contributed by atoms with Crippen LogP contribution in [0.4, 0.5) is 0 Å². The van der Waals surface area contributed by atoms with E-state index < -0.39 is 0 Å². The third-order valence-electron chi connectivity index (χ3n) is 3.49. The summed E-state index contributed by atoms with van der Waals surface area (Å²) in [7, 11) is 0. The molecule has 0 unspecified atom stereocenters. The summed E-state index contributed by atoms with van der Waals surface area (Å²) >= 11 is 0.